The van der Waals surface area contributed by atoms with Crippen LogP contribution in [0.15, 0.2) is 58.0 Å². The average Bonchev–Trinajstić information content (AvgIpc) is 2.97. The number of benzene rings is 2. The minimum Gasteiger partial charge on any atom is -0.465 e. The highest BCUT2D eigenvalue weighted by Gasteiger charge is 2.12. The molecule has 0 bridgehead atoms. The number of thioether (sulfide) groups is 1. The van der Waals surface area contributed by atoms with Crippen LogP contribution in [0.25, 0.3) is 22.1 Å². The molecule has 3 rings (SSSR count). The topological polar surface area (TPSA) is 39.4 Å². The zero-order valence-electron chi connectivity index (χ0n) is 11.8. The van der Waals surface area contributed by atoms with Crippen molar-refractivity contribution in [3.05, 3.63) is 54.3 Å². The Kier molecular flexibility index (Phi) is 3.71. The molecule has 0 fully saturated rings. The highest BCUT2D eigenvalue weighted by molar-refractivity contribution is 7.98. The molecule has 0 aliphatic rings. The van der Waals surface area contributed by atoms with Crippen molar-refractivity contribution in [1.82, 2.24) is 0 Å². The van der Waals surface area contributed by atoms with E-state index >= 15 is 0 Å². The van der Waals surface area contributed by atoms with E-state index in [9.17, 15) is 4.79 Å². The fourth-order valence-corrected chi connectivity index (χ4v) is 2.68. The molecule has 0 aliphatic carbocycles. The van der Waals surface area contributed by atoms with E-state index in [-0.39, 0.29) is 5.97 Å². The molecule has 0 saturated heterocycles. The number of fused-ring (bicyclic) bond motifs is 1. The molecular formula is C17H14O3S. The lowest BCUT2D eigenvalue weighted by Crippen LogP contribution is -2.00. The first-order valence-corrected chi connectivity index (χ1v) is 7.69. The molecule has 2 aromatic carbocycles. The van der Waals surface area contributed by atoms with Crippen LogP contribution in [0.4, 0.5) is 0 Å². The Morgan fingerprint density at radius 3 is 2.57 bits per heavy atom. The van der Waals surface area contributed by atoms with Gasteiger partial charge in [-0.15, -0.1) is 11.8 Å². The summed E-state index contributed by atoms with van der Waals surface area (Å²) in [5.41, 5.74) is 3.32. The summed E-state index contributed by atoms with van der Waals surface area (Å²) in [5.74, 6) is -0.346. The van der Waals surface area contributed by atoms with E-state index in [1.165, 1.54) is 12.0 Å². The SMILES string of the molecule is COC(=O)c1ccc2occ(-c3ccc(SC)cc3)c2c1. The Labute approximate surface area is 126 Å². The lowest BCUT2D eigenvalue weighted by atomic mass is 10.0. The van der Waals surface area contributed by atoms with Crippen LogP contribution in [0.5, 0.6) is 0 Å². The molecule has 21 heavy (non-hydrogen) atoms. The number of ether oxygens (including phenoxy) is 1. The van der Waals surface area contributed by atoms with Crippen LogP contribution in [0.3, 0.4) is 0 Å². The van der Waals surface area contributed by atoms with Gasteiger partial charge in [0, 0.05) is 15.8 Å². The number of furan rings is 1. The average molecular weight is 298 g/mol. The Hall–Kier alpha value is -2.20. The monoisotopic (exact) mass is 298 g/mol. The molecule has 3 nitrogen and oxygen atoms in total. The molecule has 1 heterocycles. The van der Waals surface area contributed by atoms with Gasteiger partial charge in [0.25, 0.3) is 0 Å². The van der Waals surface area contributed by atoms with E-state index in [4.69, 9.17) is 9.15 Å². The second kappa shape index (κ2) is 5.66. The summed E-state index contributed by atoms with van der Waals surface area (Å²) in [6.07, 6.45) is 3.77. The van der Waals surface area contributed by atoms with Gasteiger partial charge < -0.3 is 9.15 Å². The van der Waals surface area contributed by atoms with Gasteiger partial charge in [-0.1, -0.05) is 12.1 Å². The number of carbonyl (C=O) groups is 1. The lowest BCUT2D eigenvalue weighted by Gasteiger charge is -2.02. The van der Waals surface area contributed by atoms with Crippen LogP contribution in [0.2, 0.25) is 0 Å². The molecule has 0 spiro atoms. The molecule has 0 amide bonds. The van der Waals surface area contributed by atoms with Crippen molar-refractivity contribution in [2.75, 3.05) is 13.4 Å². The van der Waals surface area contributed by atoms with Crippen LogP contribution in [0.1, 0.15) is 10.4 Å². The summed E-state index contributed by atoms with van der Waals surface area (Å²) in [5, 5.41) is 0.912. The fourth-order valence-electron chi connectivity index (χ4n) is 2.27. The highest BCUT2D eigenvalue weighted by atomic mass is 32.2. The number of hydrogen-bond acceptors (Lipinski definition) is 4. The van der Waals surface area contributed by atoms with Crippen LogP contribution in [-0.4, -0.2) is 19.3 Å². The number of rotatable bonds is 3. The second-order valence-corrected chi connectivity index (χ2v) is 5.46. The van der Waals surface area contributed by atoms with Crippen molar-refractivity contribution < 1.29 is 13.9 Å². The third-order valence-corrected chi connectivity index (χ3v) is 4.14. The van der Waals surface area contributed by atoms with E-state index < -0.39 is 0 Å². The molecule has 4 heteroatoms. The Morgan fingerprint density at radius 1 is 1.14 bits per heavy atom. The molecule has 0 atom stereocenters. The first-order chi connectivity index (χ1) is 10.2. The normalized spacial score (nSPS) is 10.8. The molecule has 0 saturated carbocycles. The van der Waals surface area contributed by atoms with Gasteiger partial charge in [-0.05, 0) is 42.2 Å². The Bertz CT molecular complexity index is 787. The lowest BCUT2D eigenvalue weighted by molar-refractivity contribution is 0.0601. The number of hydrogen-bond donors (Lipinski definition) is 0. The molecule has 0 aliphatic heterocycles. The van der Waals surface area contributed by atoms with Crippen LogP contribution in [0, 0.1) is 0 Å². The minimum absolute atomic E-state index is 0.346. The van der Waals surface area contributed by atoms with Crippen LogP contribution >= 0.6 is 11.8 Å². The van der Waals surface area contributed by atoms with Crippen molar-refractivity contribution in [3.63, 3.8) is 0 Å². The van der Waals surface area contributed by atoms with Gasteiger partial charge in [-0.3, -0.25) is 0 Å². The third-order valence-electron chi connectivity index (χ3n) is 3.40. The van der Waals surface area contributed by atoms with Crippen molar-refractivity contribution in [1.29, 1.82) is 0 Å². The zero-order valence-corrected chi connectivity index (χ0v) is 12.6. The largest absolute Gasteiger partial charge is 0.465 e. The van der Waals surface area contributed by atoms with Crippen LogP contribution in [-0.2, 0) is 4.74 Å². The Balaban J connectivity index is 2.11. The number of methoxy groups -OCH3 is 1. The highest BCUT2D eigenvalue weighted by Crippen LogP contribution is 2.32. The van der Waals surface area contributed by atoms with E-state index in [0.717, 1.165) is 22.1 Å². The summed E-state index contributed by atoms with van der Waals surface area (Å²) in [4.78, 5) is 12.9. The second-order valence-electron chi connectivity index (χ2n) is 4.58. The minimum atomic E-state index is -0.346. The maximum absolute atomic E-state index is 11.7. The first kappa shape index (κ1) is 13.8. The molecular weight excluding hydrogens is 284 g/mol. The molecule has 0 N–H and O–H groups in total. The van der Waals surface area contributed by atoms with Crippen molar-refractivity contribution in [2.24, 2.45) is 0 Å². The third kappa shape index (κ3) is 2.54. The van der Waals surface area contributed by atoms with Crippen molar-refractivity contribution >= 4 is 28.7 Å². The fraction of sp³-hybridized carbons (Fsp3) is 0.118. The van der Waals surface area contributed by atoms with Crippen molar-refractivity contribution in [2.45, 2.75) is 4.90 Å². The number of carbonyl (C=O) groups excluding carboxylic acids is 1. The van der Waals surface area contributed by atoms with Gasteiger partial charge in [0.05, 0.1) is 18.9 Å². The maximum Gasteiger partial charge on any atom is 0.337 e. The van der Waals surface area contributed by atoms with E-state index in [0.29, 0.717) is 5.56 Å². The van der Waals surface area contributed by atoms with E-state index in [1.54, 1.807) is 30.2 Å². The van der Waals surface area contributed by atoms with E-state index in [1.807, 2.05) is 12.3 Å². The number of esters is 1. The smallest absolute Gasteiger partial charge is 0.337 e. The van der Waals surface area contributed by atoms with Gasteiger partial charge in [0.15, 0.2) is 0 Å². The molecule has 1 aromatic heterocycles. The summed E-state index contributed by atoms with van der Waals surface area (Å²) in [7, 11) is 1.38. The van der Waals surface area contributed by atoms with Crippen molar-refractivity contribution in [3.8, 4) is 11.1 Å². The van der Waals surface area contributed by atoms with Gasteiger partial charge in [0.1, 0.15) is 5.58 Å². The predicted molar refractivity (Wildman–Crippen MR) is 84.8 cm³/mol. The summed E-state index contributed by atoms with van der Waals surface area (Å²) in [6.45, 7) is 0. The van der Waals surface area contributed by atoms with Gasteiger partial charge in [-0.2, -0.15) is 0 Å². The zero-order chi connectivity index (χ0) is 14.8. The van der Waals surface area contributed by atoms with Gasteiger partial charge >= 0.3 is 5.97 Å². The van der Waals surface area contributed by atoms with Gasteiger partial charge in [0.2, 0.25) is 0 Å². The molecule has 0 radical (unpaired) electrons. The Morgan fingerprint density at radius 2 is 1.90 bits per heavy atom. The summed E-state index contributed by atoms with van der Waals surface area (Å²) >= 11 is 1.70. The van der Waals surface area contributed by atoms with Gasteiger partial charge in [-0.25, -0.2) is 4.79 Å². The summed E-state index contributed by atoms with van der Waals surface area (Å²) < 4.78 is 10.3. The van der Waals surface area contributed by atoms with E-state index in [2.05, 4.69) is 24.3 Å². The quantitative estimate of drug-likeness (QED) is 0.523. The summed E-state index contributed by atoms with van der Waals surface area (Å²) in [6, 6.07) is 13.6. The standard InChI is InChI=1S/C17H14O3S/c1-19-17(18)12-5-8-16-14(9-12)15(10-20-16)11-3-6-13(21-2)7-4-11/h3-10H,1-2H3. The molecule has 3 aromatic rings. The van der Waals surface area contributed by atoms with Crippen LogP contribution < -0.4 is 0 Å². The molecule has 106 valence electrons. The predicted octanol–water partition coefficient (Wildman–Crippen LogP) is 4.61. The molecule has 0 unspecified atom stereocenters. The maximum atomic E-state index is 11.7. The first-order valence-electron chi connectivity index (χ1n) is 6.47.